The maximum atomic E-state index is 14.8. The van der Waals surface area contributed by atoms with Crippen molar-refractivity contribution in [2.45, 2.75) is 18.9 Å². The number of ether oxygens (including phenoxy) is 3. The van der Waals surface area contributed by atoms with Crippen LogP contribution in [0.25, 0.3) is 10.9 Å². The van der Waals surface area contributed by atoms with Gasteiger partial charge in [-0.1, -0.05) is 0 Å². The van der Waals surface area contributed by atoms with E-state index in [1.54, 1.807) is 48.6 Å². The quantitative estimate of drug-likeness (QED) is 0.509. The van der Waals surface area contributed by atoms with E-state index in [1.165, 1.54) is 18.3 Å². The molecule has 0 atom stereocenters. The Morgan fingerprint density at radius 3 is 2.55 bits per heavy atom. The fraction of sp³-hybridized carbons (Fsp3) is 0.208. The van der Waals surface area contributed by atoms with Crippen LogP contribution in [0.1, 0.15) is 12.8 Å². The van der Waals surface area contributed by atoms with Crippen molar-refractivity contribution in [1.29, 1.82) is 0 Å². The number of hydrogen-bond acceptors (Lipinski definition) is 5. The summed E-state index contributed by atoms with van der Waals surface area (Å²) in [7, 11) is 1.56. The van der Waals surface area contributed by atoms with Gasteiger partial charge in [0.15, 0.2) is 17.4 Å². The first-order chi connectivity index (χ1) is 15.1. The SMILES string of the molecule is COc1ccc2c(Oc3c(F)cc(N4C=CC(OC5CC5)=CC4)cc3F)ccnc2c1. The third-order valence-electron chi connectivity index (χ3n) is 5.17. The van der Waals surface area contributed by atoms with E-state index in [2.05, 4.69) is 4.98 Å². The summed E-state index contributed by atoms with van der Waals surface area (Å²) < 4.78 is 46.2. The van der Waals surface area contributed by atoms with Crippen molar-refractivity contribution in [1.82, 2.24) is 4.98 Å². The number of benzene rings is 2. The van der Waals surface area contributed by atoms with Gasteiger partial charge in [0.1, 0.15) is 17.3 Å². The van der Waals surface area contributed by atoms with Gasteiger partial charge in [0.05, 0.1) is 18.7 Å². The molecule has 0 radical (unpaired) electrons. The lowest BCUT2D eigenvalue weighted by atomic mass is 10.2. The molecule has 31 heavy (non-hydrogen) atoms. The van der Waals surface area contributed by atoms with Crippen molar-refractivity contribution in [2.24, 2.45) is 0 Å². The molecule has 1 saturated carbocycles. The van der Waals surface area contributed by atoms with Gasteiger partial charge in [-0.25, -0.2) is 8.78 Å². The zero-order valence-corrected chi connectivity index (χ0v) is 16.8. The summed E-state index contributed by atoms with van der Waals surface area (Å²) in [6.07, 6.45) is 9.44. The average Bonchev–Trinajstić information content (AvgIpc) is 3.60. The first-order valence-electron chi connectivity index (χ1n) is 10.0. The molecule has 2 heterocycles. The van der Waals surface area contributed by atoms with Crippen molar-refractivity contribution in [3.05, 3.63) is 78.3 Å². The standard InChI is InChI=1S/C24H20F2N2O3/c1-29-18-4-5-19-22(14-18)27-9-6-23(19)31-24-20(25)12-15(13-21(24)26)28-10-7-17(8-11-28)30-16-2-3-16/h4-10,12-14,16H,2-3,11H2,1H3. The maximum absolute atomic E-state index is 14.8. The Labute approximate surface area is 178 Å². The number of nitrogens with zero attached hydrogens (tertiary/aromatic N) is 2. The van der Waals surface area contributed by atoms with Crippen molar-refractivity contribution in [3.8, 4) is 17.2 Å². The van der Waals surface area contributed by atoms with Crippen LogP contribution in [0.2, 0.25) is 0 Å². The molecule has 1 aliphatic carbocycles. The number of anilines is 1. The van der Waals surface area contributed by atoms with E-state index in [0.717, 1.165) is 18.6 Å². The molecule has 2 aromatic carbocycles. The summed E-state index contributed by atoms with van der Waals surface area (Å²) in [6, 6.07) is 9.30. The molecule has 5 nitrogen and oxygen atoms in total. The van der Waals surface area contributed by atoms with Crippen LogP contribution in [0.5, 0.6) is 17.2 Å². The van der Waals surface area contributed by atoms with Crippen LogP contribution >= 0.6 is 0 Å². The molecule has 0 saturated heterocycles. The Kier molecular flexibility index (Phi) is 4.94. The molecule has 5 rings (SSSR count). The normalized spacial score (nSPS) is 15.7. The predicted molar refractivity (Wildman–Crippen MR) is 113 cm³/mol. The second kappa shape index (κ2) is 7.91. The second-order valence-corrected chi connectivity index (χ2v) is 7.42. The molecule has 0 bridgehead atoms. The predicted octanol–water partition coefficient (Wildman–Crippen LogP) is 5.71. The van der Waals surface area contributed by atoms with Crippen LogP contribution in [0, 0.1) is 11.6 Å². The molecule has 0 amide bonds. The lowest BCUT2D eigenvalue weighted by Gasteiger charge is -2.23. The van der Waals surface area contributed by atoms with Crippen molar-refractivity contribution in [3.63, 3.8) is 0 Å². The average molecular weight is 422 g/mol. The number of rotatable bonds is 6. The Bertz CT molecular complexity index is 1180. The van der Waals surface area contributed by atoms with Crippen LogP contribution in [-0.4, -0.2) is 24.7 Å². The van der Waals surface area contributed by atoms with Gasteiger partial charge in [-0.3, -0.25) is 4.98 Å². The monoisotopic (exact) mass is 422 g/mol. The number of methoxy groups -OCH3 is 1. The maximum Gasteiger partial charge on any atom is 0.198 e. The van der Waals surface area contributed by atoms with E-state index in [-0.39, 0.29) is 0 Å². The molecule has 0 unspecified atom stereocenters. The minimum atomic E-state index is -0.786. The van der Waals surface area contributed by atoms with Crippen LogP contribution < -0.4 is 14.4 Å². The van der Waals surface area contributed by atoms with Gasteiger partial charge >= 0.3 is 0 Å². The van der Waals surface area contributed by atoms with Crippen LogP contribution in [0.3, 0.4) is 0 Å². The van der Waals surface area contributed by atoms with E-state index < -0.39 is 17.4 Å². The second-order valence-electron chi connectivity index (χ2n) is 7.42. The molecule has 1 aliphatic heterocycles. The lowest BCUT2D eigenvalue weighted by molar-refractivity contribution is 0.207. The number of allylic oxidation sites excluding steroid dienone is 1. The Morgan fingerprint density at radius 1 is 1.06 bits per heavy atom. The van der Waals surface area contributed by atoms with E-state index in [1.807, 2.05) is 6.08 Å². The molecular formula is C24H20F2N2O3. The number of halogens is 2. The lowest BCUT2D eigenvalue weighted by Crippen LogP contribution is -2.20. The molecule has 2 aliphatic rings. The van der Waals surface area contributed by atoms with Crippen molar-refractivity contribution >= 4 is 16.6 Å². The minimum Gasteiger partial charge on any atom is -0.497 e. The smallest absolute Gasteiger partial charge is 0.198 e. The highest BCUT2D eigenvalue weighted by atomic mass is 19.1. The van der Waals surface area contributed by atoms with Crippen LogP contribution in [0.15, 0.2) is 66.7 Å². The fourth-order valence-electron chi connectivity index (χ4n) is 3.38. The molecule has 158 valence electrons. The topological polar surface area (TPSA) is 43.8 Å². The van der Waals surface area contributed by atoms with E-state index in [0.29, 0.717) is 40.7 Å². The van der Waals surface area contributed by atoms with Crippen LogP contribution in [-0.2, 0) is 4.74 Å². The first-order valence-corrected chi connectivity index (χ1v) is 10.0. The molecule has 0 spiro atoms. The summed E-state index contributed by atoms with van der Waals surface area (Å²) in [6.45, 7) is 0.467. The molecule has 0 N–H and O–H groups in total. The summed E-state index contributed by atoms with van der Waals surface area (Å²) in [5.74, 6) is -0.298. The largest absolute Gasteiger partial charge is 0.497 e. The van der Waals surface area contributed by atoms with Gasteiger partial charge in [-0.2, -0.15) is 0 Å². The highest BCUT2D eigenvalue weighted by Gasteiger charge is 2.24. The minimum absolute atomic E-state index is 0.305. The fourth-order valence-corrected chi connectivity index (χ4v) is 3.38. The molecule has 1 fully saturated rings. The zero-order valence-electron chi connectivity index (χ0n) is 16.8. The number of aromatic nitrogens is 1. The van der Waals surface area contributed by atoms with Crippen molar-refractivity contribution in [2.75, 3.05) is 18.6 Å². The van der Waals surface area contributed by atoms with E-state index >= 15 is 0 Å². The van der Waals surface area contributed by atoms with Gasteiger partial charge in [0, 0.05) is 48.2 Å². The van der Waals surface area contributed by atoms with Gasteiger partial charge in [-0.05, 0) is 43.2 Å². The highest BCUT2D eigenvalue weighted by molar-refractivity contribution is 5.86. The third-order valence-corrected chi connectivity index (χ3v) is 5.17. The van der Waals surface area contributed by atoms with Gasteiger partial charge < -0.3 is 19.1 Å². The third kappa shape index (κ3) is 4.03. The zero-order chi connectivity index (χ0) is 21.4. The van der Waals surface area contributed by atoms with Gasteiger partial charge in [-0.15, -0.1) is 0 Å². The molecule has 1 aromatic heterocycles. The summed E-state index contributed by atoms with van der Waals surface area (Å²) in [4.78, 5) is 6.00. The molecule has 7 heteroatoms. The summed E-state index contributed by atoms with van der Waals surface area (Å²) >= 11 is 0. The number of fused-ring (bicyclic) bond motifs is 1. The van der Waals surface area contributed by atoms with Gasteiger partial charge in [0.25, 0.3) is 0 Å². The highest BCUT2D eigenvalue weighted by Crippen LogP contribution is 2.36. The summed E-state index contributed by atoms with van der Waals surface area (Å²) in [5, 5.41) is 0.624. The Morgan fingerprint density at radius 2 is 1.87 bits per heavy atom. The van der Waals surface area contributed by atoms with Crippen LogP contribution in [0.4, 0.5) is 14.5 Å². The van der Waals surface area contributed by atoms with Crippen molar-refractivity contribution < 1.29 is 23.0 Å². The van der Waals surface area contributed by atoms with E-state index in [9.17, 15) is 8.78 Å². The molecule has 3 aromatic rings. The Balaban J connectivity index is 1.38. The first kappa shape index (κ1) is 19.4. The van der Waals surface area contributed by atoms with Gasteiger partial charge in [0.2, 0.25) is 0 Å². The van der Waals surface area contributed by atoms with E-state index in [4.69, 9.17) is 14.2 Å². The number of hydrogen-bond donors (Lipinski definition) is 0. The summed E-state index contributed by atoms with van der Waals surface area (Å²) in [5.41, 5.74) is 0.994. The number of pyridine rings is 1. The Hall–Kier alpha value is -3.61. The molecular weight excluding hydrogens is 402 g/mol.